The van der Waals surface area contributed by atoms with E-state index < -0.39 is 0 Å². The highest BCUT2D eigenvalue weighted by atomic mass is 32.1. The molecule has 2 heterocycles. The average molecular weight is 372 g/mol. The molecule has 3 N–H and O–H groups in total. The van der Waals surface area contributed by atoms with Crippen LogP contribution in [0.3, 0.4) is 0 Å². The lowest BCUT2D eigenvalue weighted by molar-refractivity contribution is 0.0950. The normalized spacial score (nSPS) is 14.8. The molecule has 1 aromatic heterocycles. The van der Waals surface area contributed by atoms with Crippen LogP contribution in [-0.4, -0.2) is 56.0 Å². The lowest BCUT2D eigenvalue weighted by Crippen LogP contribution is -2.44. The van der Waals surface area contributed by atoms with E-state index in [2.05, 4.69) is 20.9 Å². The fraction of sp³-hybridized carbons (Fsp3) is 0.368. The molecule has 0 spiro atoms. The van der Waals surface area contributed by atoms with Gasteiger partial charge in [-0.3, -0.25) is 9.59 Å². The first-order valence-corrected chi connectivity index (χ1v) is 9.76. The number of hydrogen-bond acceptors (Lipinski definition) is 5. The van der Waals surface area contributed by atoms with E-state index in [1.54, 1.807) is 30.3 Å². The lowest BCUT2D eigenvalue weighted by atomic mass is 10.2. The second-order valence-corrected chi connectivity index (χ2v) is 7.16. The highest BCUT2D eigenvalue weighted by Gasteiger charge is 2.11. The molecule has 138 valence electrons. The van der Waals surface area contributed by atoms with E-state index in [0.29, 0.717) is 22.7 Å². The largest absolute Gasteiger partial charge is 0.352 e. The summed E-state index contributed by atoms with van der Waals surface area (Å²) < 4.78 is 0. The molecule has 1 aliphatic heterocycles. The number of piperazine rings is 1. The molecule has 0 saturated carbocycles. The van der Waals surface area contributed by atoms with Gasteiger partial charge in [0.05, 0.1) is 4.88 Å². The minimum Gasteiger partial charge on any atom is -0.352 e. The number of rotatable bonds is 7. The van der Waals surface area contributed by atoms with Gasteiger partial charge in [-0.2, -0.15) is 0 Å². The third-order valence-corrected chi connectivity index (χ3v) is 5.14. The Morgan fingerprint density at radius 2 is 1.96 bits per heavy atom. The fourth-order valence-electron chi connectivity index (χ4n) is 2.88. The average Bonchev–Trinajstić information content (AvgIpc) is 3.21. The van der Waals surface area contributed by atoms with Crippen molar-refractivity contribution in [2.24, 2.45) is 0 Å². The number of nitrogens with one attached hydrogen (secondary N) is 3. The molecule has 1 aromatic carbocycles. The van der Waals surface area contributed by atoms with Crippen LogP contribution in [0.4, 0.5) is 5.69 Å². The summed E-state index contributed by atoms with van der Waals surface area (Å²) in [5.74, 6) is -0.272. The van der Waals surface area contributed by atoms with E-state index in [0.717, 1.165) is 39.1 Å². The molecular formula is C19H24N4O2S. The van der Waals surface area contributed by atoms with Gasteiger partial charge >= 0.3 is 0 Å². The van der Waals surface area contributed by atoms with E-state index in [4.69, 9.17) is 0 Å². The minimum absolute atomic E-state index is 0.113. The van der Waals surface area contributed by atoms with Gasteiger partial charge in [-0.1, -0.05) is 12.1 Å². The molecule has 0 bridgehead atoms. The van der Waals surface area contributed by atoms with Crippen LogP contribution in [0.2, 0.25) is 0 Å². The third kappa shape index (κ3) is 5.39. The molecule has 0 aliphatic carbocycles. The summed E-state index contributed by atoms with van der Waals surface area (Å²) >= 11 is 1.39. The van der Waals surface area contributed by atoms with Gasteiger partial charge in [0.25, 0.3) is 11.8 Å². The van der Waals surface area contributed by atoms with Crippen LogP contribution in [-0.2, 0) is 0 Å². The maximum Gasteiger partial charge on any atom is 0.265 e. The topological polar surface area (TPSA) is 73.5 Å². The van der Waals surface area contributed by atoms with E-state index in [1.165, 1.54) is 11.3 Å². The Morgan fingerprint density at radius 3 is 2.73 bits per heavy atom. The van der Waals surface area contributed by atoms with Crippen molar-refractivity contribution in [2.45, 2.75) is 6.42 Å². The monoisotopic (exact) mass is 372 g/mol. The first-order valence-electron chi connectivity index (χ1n) is 8.88. The number of nitrogens with zero attached hydrogens (tertiary/aromatic N) is 1. The fourth-order valence-corrected chi connectivity index (χ4v) is 3.50. The Morgan fingerprint density at radius 1 is 1.12 bits per heavy atom. The molecule has 0 unspecified atom stereocenters. The summed E-state index contributed by atoms with van der Waals surface area (Å²) in [6.07, 6.45) is 0.931. The smallest absolute Gasteiger partial charge is 0.265 e. The SMILES string of the molecule is O=C(NCCCN1CCNCC1)c1cccc(NC(=O)c2cccs2)c1. The molecule has 3 rings (SSSR count). The number of carbonyl (C=O) groups excluding carboxylic acids is 2. The molecule has 1 saturated heterocycles. The number of amides is 2. The molecule has 0 atom stereocenters. The van der Waals surface area contributed by atoms with Gasteiger partial charge < -0.3 is 20.9 Å². The highest BCUT2D eigenvalue weighted by Crippen LogP contribution is 2.15. The van der Waals surface area contributed by atoms with Gasteiger partial charge in [0.15, 0.2) is 0 Å². The zero-order chi connectivity index (χ0) is 18.2. The van der Waals surface area contributed by atoms with Crippen molar-refractivity contribution < 1.29 is 9.59 Å². The van der Waals surface area contributed by atoms with E-state index in [-0.39, 0.29) is 11.8 Å². The number of benzene rings is 1. The zero-order valence-corrected chi connectivity index (χ0v) is 15.5. The summed E-state index contributed by atoms with van der Waals surface area (Å²) in [5.41, 5.74) is 1.17. The van der Waals surface area contributed by atoms with Crippen molar-refractivity contribution in [1.82, 2.24) is 15.5 Å². The van der Waals surface area contributed by atoms with Crippen molar-refractivity contribution in [3.63, 3.8) is 0 Å². The third-order valence-electron chi connectivity index (χ3n) is 4.27. The predicted octanol–water partition coefficient (Wildman–Crippen LogP) is 2.03. The van der Waals surface area contributed by atoms with Crippen LogP contribution in [0.5, 0.6) is 0 Å². The van der Waals surface area contributed by atoms with Gasteiger partial charge in [-0.25, -0.2) is 0 Å². The summed E-state index contributed by atoms with van der Waals surface area (Å²) in [6.45, 7) is 5.86. The van der Waals surface area contributed by atoms with Crippen molar-refractivity contribution in [1.29, 1.82) is 0 Å². The lowest BCUT2D eigenvalue weighted by Gasteiger charge is -2.27. The number of hydrogen-bond donors (Lipinski definition) is 3. The quantitative estimate of drug-likeness (QED) is 0.650. The molecule has 26 heavy (non-hydrogen) atoms. The number of carbonyl (C=O) groups is 2. The van der Waals surface area contributed by atoms with Crippen LogP contribution in [0.25, 0.3) is 0 Å². The Balaban J connectivity index is 1.46. The van der Waals surface area contributed by atoms with E-state index in [9.17, 15) is 9.59 Å². The van der Waals surface area contributed by atoms with Gasteiger partial charge in [0, 0.05) is 44.0 Å². The van der Waals surface area contributed by atoms with Crippen LogP contribution in [0, 0.1) is 0 Å². The van der Waals surface area contributed by atoms with Crippen LogP contribution < -0.4 is 16.0 Å². The second-order valence-electron chi connectivity index (χ2n) is 6.21. The van der Waals surface area contributed by atoms with Crippen LogP contribution in [0.1, 0.15) is 26.5 Å². The van der Waals surface area contributed by atoms with Crippen molar-refractivity contribution >= 4 is 28.8 Å². The van der Waals surface area contributed by atoms with Crippen molar-refractivity contribution in [2.75, 3.05) is 44.6 Å². The molecule has 0 radical (unpaired) electrons. The molecule has 2 aromatic rings. The summed E-state index contributed by atoms with van der Waals surface area (Å²) in [7, 11) is 0. The van der Waals surface area contributed by atoms with Crippen LogP contribution in [0.15, 0.2) is 41.8 Å². The van der Waals surface area contributed by atoms with Gasteiger partial charge in [-0.15, -0.1) is 11.3 Å². The molecule has 7 heteroatoms. The second kappa shape index (κ2) is 9.47. The molecule has 6 nitrogen and oxygen atoms in total. The van der Waals surface area contributed by atoms with E-state index in [1.807, 2.05) is 11.4 Å². The standard InChI is InChI=1S/C19H24N4O2S/c24-18(21-7-3-10-23-11-8-20-9-12-23)15-4-1-5-16(14-15)22-19(25)17-6-2-13-26-17/h1-2,4-6,13-14,20H,3,7-12H2,(H,21,24)(H,22,25). The summed E-state index contributed by atoms with van der Waals surface area (Å²) in [4.78, 5) is 27.5. The summed E-state index contributed by atoms with van der Waals surface area (Å²) in [5, 5.41) is 11.0. The Labute approximate surface area is 157 Å². The first-order chi connectivity index (χ1) is 12.7. The van der Waals surface area contributed by atoms with Gasteiger partial charge in [0.1, 0.15) is 0 Å². The maximum absolute atomic E-state index is 12.3. The molecule has 1 aliphatic rings. The maximum atomic E-state index is 12.3. The number of thiophene rings is 1. The summed E-state index contributed by atoms with van der Waals surface area (Å²) in [6, 6.07) is 10.6. The molecule has 2 amide bonds. The first kappa shape index (κ1) is 18.6. The highest BCUT2D eigenvalue weighted by molar-refractivity contribution is 7.12. The van der Waals surface area contributed by atoms with Gasteiger partial charge in [0.2, 0.25) is 0 Å². The predicted molar refractivity (Wildman–Crippen MR) is 105 cm³/mol. The van der Waals surface area contributed by atoms with Crippen LogP contribution >= 0.6 is 11.3 Å². The Bertz CT molecular complexity index is 727. The van der Waals surface area contributed by atoms with Crippen molar-refractivity contribution in [3.05, 3.63) is 52.2 Å². The zero-order valence-electron chi connectivity index (χ0n) is 14.7. The molecule has 1 fully saturated rings. The Hall–Kier alpha value is -2.22. The minimum atomic E-state index is -0.159. The van der Waals surface area contributed by atoms with Crippen molar-refractivity contribution in [3.8, 4) is 0 Å². The Kier molecular flexibility index (Phi) is 6.76. The molecular weight excluding hydrogens is 348 g/mol. The number of anilines is 1. The van der Waals surface area contributed by atoms with Gasteiger partial charge in [-0.05, 0) is 42.6 Å². The van der Waals surface area contributed by atoms with E-state index >= 15 is 0 Å².